The fourth-order valence-electron chi connectivity index (χ4n) is 1.65. The van der Waals surface area contributed by atoms with Crippen LogP contribution in [0, 0.1) is 11.7 Å². The second-order valence-corrected chi connectivity index (χ2v) is 7.43. The van der Waals surface area contributed by atoms with Gasteiger partial charge in [-0.15, -0.1) is 0 Å². The summed E-state index contributed by atoms with van der Waals surface area (Å²) in [6, 6.07) is 2.28. The van der Waals surface area contributed by atoms with Crippen LogP contribution in [0.3, 0.4) is 0 Å². The standard InChI is InChI=1S/C14H22ClFN2O2S/c1-5-17-8-11-6-12(15)7-13(14(11)16)21(19,20)18-10(4)9(2)3/h6-7,9-10,17-18H,5,8H2,1-4H3. The van der Waals surface area contributed by atoms with Crippen molar-refractivity contribution >= 4 is 21.6 Å². The van der Waals surface area contributed by atoms with Gasteiger partial charge in [0.1, 0.15) is 10.7 Å². The van der Waals surface area contributed by atoms with Gasteiger partial charge in [-0.2, -0.15) is 0 Å². The molecule has 0 aromatic heterocycles. The maximum Gasteiger partial charge on any atom is 0.243 e. The van der Waals surface area contributed by atoms with Gasteiger partial charge in [0.2, 0.25) is 10.0 Å². The number of sulfonamides is 1. The first-order valence-corrected chi connectivity index (χ1v) is 8.76. The number of nitrogens with one attached hydrogen (secondary N) is 2. The van der Waals surface area contributed by atoms with E-state index in [-0.39, 0.29) is 29.1 Å². The molecule has 21 heavy (non-hydrogen) atoms. The Bertz CT molecular complexity index is 591. The minimum atomic E-state index is -3.94. The van der Waals surface area contributed by atoms with Crippen LogP contribution in [0.4, 0.5) is 4.39 Å². The monoisotopic (exact) mass is 336 g/mol. The second kappa shape index (κ2) is 7.54. The van der Waals surface area contributed by atoms with Crippen LogP contribution in [-0.2, 0) is 16.6 Å². The minimum Gasteiger partial charge on any atom is -0.313 e. The van der Waals surface area contributed by atoms with E-state index in [2.05, 4.69) is 10.0 Å². The van der Waals surface area contributed by atoms with Crippen LogP contribution in [0.25, 0.3) is 0 Å². The van der Waals surface area contributed by atoms with E-state index in [1.807, 2.05) is 20.8 Å². The average molecular weight is 337 g/mol. The molecule has 0 aliphatic rings. The number of hydrogen-bond donors (Lipinski definition) is 2. The summed E-state index contributed by atoms with van der Waals surface area (Å²) in [5, 5.41) is 3.15. The lowest BCUT2D eigenvalue weighted by Crippen LogP contribution is -2.36. The highest BCUT2D eigenvalue weighted by atomic mass is 35.5. The Hall–Kier alpha value is -0.690. The van der Waals surface area contributed by atoms with E-state index in [0.717, 1.165) is 6.07 Å². The Morgan fingerprint density at radius 3 is 2.43 bits per heavy atom. The fourth-order valence-corrected chi connectivity index (χ4v) is 3.49. The molecule has 0 fully saturated rings. The Morgan fingerprint density at radius 1 is 1.29 bits per heavy atom. The smallest absolute Gasteiger partial charge is 0.243 e. The fraction of sp³-hybridized carbons (Fsp3) is 0.571. The molecule has 1 rings (SSSR count). The van der Waals surface area contributed by atoms with E-state index in [9.17, 15) is 12.8 Å². The van der Waals surface area contributed by atoms with Gasteiger partial charge < -0.3 is 5.32 Å². The lowest BCUT2D eigenvalue weighted by Gasteiger charge is -2.18. The van der Waals surface area contributed by atoms with Crippen LogP contribution >= 0.6 is 11.6 Å². The minimum absolute atomic E-state index is 0.100. The van der Waals surface area contributed by atoms with Crippen molar-refractivity contribution in [3.8, 4) is 0 Å². The zero-order chi connectivity index (χ0) is 16.2. The number of halogens is 2. The van der Waals surface area contributed by atoms with Gasteiger partial charge in [-0.25, -0.2) is 17.5 Å². The summed E-state index contributed by atoms with van der Waals surface area (Å²) in [7, 11) is -3.94. The zero-order valence-corrected chi connectivity index (χ0v) is 14.3. The lowest BCUT2D eigenvalue weighted by atomic mass is 10.1. The van der Waals surface area contributed by atoms with Crippen molar-refractivity contribution in [1.82, 2.24) is 10.0 Å². The second-order valence-electron chi connectivity index (χ2n) is 5.31. The summed E-state index contributed by atoms with van der Waals surface area (Å²) in [5.74, 6) is -0.660. The summed E-state index contributed by atoms with van der Waals surface area (Å²) in [5.41, 5.74) is 0.238. The number of benzene rings is 1. The van der Waals surface area contributed by atoms with Crippen molar-refractivity contribution in [2.45, 2.75) is 45.2 Å². The van der Waals surface area contributed by atoms with Gasteiger partial charge >= 0.3 is 0 Å². The molecule has 2 N–H and O–H groups in total. The maximum atomic E-state index is 14.4. The van der Waals surface area contributed by atoms with Gasteiger partial charge in [0.25, 0.3) is 0 Å². The van der Waals surface area contributed by atoms with Crippen LogP contribution in [-0.4, -0.2) is 21.0 Å². The average Bonchev–Trinajstić information content (AvgIpc) is 2.38. The summed E-state index contributed by atoms with van der Waals surface area (Å²) in [6.45, 7) is 8.27. The van der Waals surface area contributed by atoms with E-state index in [1.165, 1.54) is 6.07 Å². The molecule has 0 saturated heterocycles. The van der Waals surface area contributed by atoms with Gasteiger partial charge in [-0.1, -0.05) is 32.4 Å². The molecule has 1 aromatic rings. The molecular formula is C14H22ClFN2O2S. The van der Waals surface area contributed by atoms with Crippen LogP contribution in [0.1, 0.15) is 33.3 Å². The highest BCUT2D eigenvalue weighted by Crippen LogP contribution is 2.24. The van der Waals surface area contributed by atoms with Crippen LogP contribution < -0.4 is 10.0 Å². The third-order valence-electron chi connectivity index (χ3n) is 3.28. The predicted octanol–water partition coefficient (Wildman–Crippen LogP) is 2.91. The first-order valence-electron chi connectivity index (χ1n) is 6.90. The number of rotatable bonds is 7. The molecule has 0 aliphatic heterocycles. The molecule has 7 heteroatoms. The van der Waals surface area contributed by atoms with Gasteiger partial charge in [0, 0.05) is 23.2 Å². The molecular weight excluding hydrogens is 315 g/mol. The van der Waals surface area contributed by atoms with Crippen LogP contribution in [0.2, 0.25) is 5.02 Å². The molecule has 0 spiro atoms. The van der Waals surface area contributed by atoms with E-state index in [4.69, 9.17) is 11.6 Å². The highest BCUT2D eigenvalue weighted by molar-refractivity contribution is 7.89. The predicted molar refractivity (Wildman–Crippen MR) is 83.4 cm³/mol. The molecule has 4 nitrogen and oxygen atoms in total. The van der Waals surface area contributed by atoms with Crippen LogP contribution in [0.5, 0.6) is 0 Å². The zero-order valence-electron chi connectivity index (χ0n) is 12.7. The van der Waals surface area contributed by atoms with Gasteiger partial charge in [0.05, 0.1) is 0 Å². The molecule has 1 atom stereocenters. The third kappa shape index (κ3) is 4.92. The molecule has 0 amide bonds. The SMILES string of the molecule is CCNCc1cc(Cl)cc(S(=O)(=O)NC(C)C(C)C)c1F. The van der Waals surface area contributed by atoms with E-state index < -0.39 is 20.7 Å². The van der Waals surface area contributed by atoms with Crippen LogP contribution in [0.15, 0.2) is 17.0 Å². The van der Waals surface area contributed by atoms with E-state index in [1.54, 1.807) is 6.92 Å². The topological polar surface area (TPSA) is 58.2 Å². The molecule has 0 bridgehead atoms. The quantitative estimate of drug-likeness (QED) is 0.805. The molecule has 0 radical (unpaired) electrons. The normalized spacial score (nSPS) is 13.7. The highest BCUT2D eigenvalue weighted by Gasteiger charge is 2.25. The molecule has 0 aliphatic carbocycles. The third-order valence-corrected chi connectivity index (χ3v) is 5.05. The maximum absolute atomic E-state index is 14.4. The number of hydrogen-bond acceptors (Lipinski definition) is 3. The first-order chi connectivity index (χ1) is 9.69. The first kappa shape index (κ1) is 18.4. The Balaban J connectivity index is 3.20. The molecule has 0 saturated carbocycles. The van der Waals surface area contributed by atoms with Crippen molar-refractivity contribution in [3.63, 3.8) is 0 Å². The lowest BCUT2D eigenvalue weighted by molar-refractivity contribution is 0.472. The van der Waals surface area contributed by atoms with Gasteiger partial charge in [0.15, 0.2) is 0 Å². The Labute approximate surface area is 131 Å². The van der Waals surface area contributed by atoms with Crippen molar-refractivity contribution in [1.29, 1.82) is 0 Å². The van der Waals surface area contributed by atoms with E-state index >= 15 is 0 Å². The largest absolute Gasteiger partial charge is 0.313 e. The van der Waals surface area contributed by atoms with Crippen molar-refractivity contribution in [2.75, 3.05) is 6.54 Å². The molecule has 120 valence electrons. The summed E-state index contributed by atoms with van der Waals surface area (Å²) >= 11 is 5.92. The van der Waals surface area contributed by atoms with Gasteiger partial charge in [-0.3, -0.25) is 0 Å². The molecule has 1 aromatic carbocycles. The summed E-state index contributed by atoms with van der Waals surface area (Å²) < 4.78 is 41.5. The van der Waals surface area contributed by atoms with Crippen molar-refractivity contribution < 1.29 is 12.8 Å². The summed E-state index contributed by atoms with van der Waals surface area (Å²) in [6.07, 6.45) is 0. The van der Waals surface area contributed by atoms with Crippen molar-refractivity contribution in [3.05, 3.63) is 28.5 Å². The van der Waals surface area contributed by atoms with Gasteiger partial charge in [-0.05, 0) is 31.5 Å². The Kier molecular flexibility index (Phi) is 6.59. The Morgan fingerprint density at radius 2 is 1.90 bits per heavy atom. The van der Waals surface area contributed by atoms with E-state index in [0.29, 0.717) is 6.54 Å². The summed E-state index contributed by atoms with van der Waals surface area (Å²) in [4.78, 5) is -0.407. The molecule has 0 heterocycles. The molecule has 1 unspecified atom stereocenters. The van der Waals surface area contributed by atoms with Crippen molar-refractivity contribution in [2.24, 2.45) is 5.92 Å².